The van der Waals surface area contributed by atoms with Crippen molar-refractivity contribution in [2.24, 2.45) is 0 Å². The summed E-state index contributed by atoms with van der Waals surface area (Å²) in [4.78, 5) is 23.5. The van der Waals surface area contributed by atoms with Gasteiger partial charge in [-0.25, -0.2) is 4.79 Å². The van der Waals surface area contributed by atoms with E-state index in [1.54, 1.807) is 38.1 Å². The second-order valence-electron chi connectivity index (χ2n) is 8.70. The van der Waals surface area contributed by atoms with E-state index in [4.69, 9.17) is 21.1 Å². The zero-order valence-electron chi connectivity index (χ0n) is 20.3. The predicted molar refractivity (Wildman–Crippen MR) is 139 cm³/mol. The number of carbonyl (C=O) groups excluding carboxylic acids is 2. The van der Waals surface area contributed by atoms with E-state index in [1.807, 2.05) is 0 Å². The number of ether oxygens (including phenoxy) is 2. The lowest BCUT2D eigenvalue weighted by molar-refractivity contribution is -0.152. The lowest BCUT2D eigenvalue weighted by Gasteiger charge is -2.26. The zero-order valence-corrected chi connectivity index (χ0v) is 21.0. The molecule has 0 fully saturated rings. The van der Waals surface area contributed by atoms with Crippen LogP contribution in [0.4, 0.5) is 5.69 Å². The van der Waals surface area contributed by atoms with E-state index in [2.05, 4.69) is 34.9 Å². The topological polar surface area (TPSA) is 96.9 Å². The minimum absolute atomic E-state index is 0.108. The number of rotatable bonds is 7. The maximum absolute atomic E-state index is 11.9. The highest BCUT2D eigenvalue weighted by Gasteiger charge is 2.20. The molecule has 3 aromatic rings. The number of phenolic OH excluding ortho intramolecular Hbond substituents is 1. The van der Waals surface area contributed by atoms with E-state index in [1.165, 1.54) is 17.2 Å². The van der Waals surface area contributed by atoms with Gasteiger partial charge in [0.15, 0.2) is 0 Å². The van der Waals surface area contributed by atoms with Crippen LogP contribution < -0.4 is 15.4 Å². The van der Waals surface area contributed by atoms with Crippen molar-refractivity contribution in [3.63, 3.8) is 0 Å². The van der Waals surface area contributed by atoms with Gasteiger partial charge >= 0.3 is 11.9 Å². The Labute approximate surface area is 215 Å². The van der Waals surface area contributed by atoms with Crippen molar-refractivity contribution in [2.75, 3.05) is 11.9 Å². The van der Waals surface area contributed by atoms with Crippen LogP contribution in [-0.4, -0.2) is 23.6 Å². The van der Waals surface area contributed by atoms with Crippen molar-refractivity contribution < 1.29 is 24.2 Å². The molecule has 8 heteroatoms. The second-order valence-corrected chi connectivity index (χ2v) is 9.10. The lowest BCUT2D eigenvalue weighted by atomic mass is 9.87. The number of esters is 1. The Morgan fingerprint density at radius 2 is 1.94 bits per heavy atom. The van der Waals surface area contributed by atoms with Gasteiger partial charge in [0.25, 0.3) is 0 Å². The van der Waals surface area contributed by atoms with Crippen LogP contribution in [-0.2, 0) is 27.3 Å². The molecule has 3 aromatic carbocycles. The van der Waals surface area contributed by atoms with Crippen LogP contribution in [0.5, 0.6) is 17.2 Å². The van der Waals surface area contributed by atoms with Crippen LogP contribution in [0.15, 0.2) is 54.6 Å². The van der Waals surface area contributed by atoms with Crippen LogP contribution in [0.2, 0.25) is 5.02 Å². The third-order valence-electron chi connectivity index (χ3n) is 6.13. The van der Waals surface area contributed by atoms with Gasteiger partial charge in [-0.1, -0.05) is 35.9 Å². The normalized spacial score (nSPS) is 14.6. The van der Waals surface area contributed by atoms with Crippen LogP contribution in [0.25, 0.3) is 0 Å². The number of aryl methyl sites for hydroxylation is 2. The number of phenols is 1. The largest absolute Gasteiger partial charge is 0.508 e. The second kappa shape index (κ2) is 11.5. The third-order valence-corrected chi connectivity index (χ3v) is 6.41. The van der Waals surface area contributed by atoms with Crippen molar-refractivity contribution in [1.82, 2.24) is 5.32 Å². The third kappa shape index (κ3) is 5.98. The van der Waals surface area contributed by atoms with Gasteiger partial charge < -0.3 is 25.2 Å². The van der Waals surface area contributed by atoms with Crippen molar-refractivity contribution in [3.05, 3.63) is 81.9 Å². The number of benzene rings is 3. The van der Waals surface area contributed by atoms with Crippen molar-refractivity contribution in [1.29, 1.82) is 0 Å². The minimum Gasteiger partial charge on any atom is -0.508 e. The first-order valence-corrected chi connectivity index (χ1v) is 12.3. The summed E-state index contributed by atoms with van der Waals surface area (Å²) in [6.07, 6.45) is 3.26. The molecule has 1 atom stereocenters. The summed E-state index contributed by atoms with van der Waals surface area (Å²) in [5.41, 5.74) is 4.41. The lowest BCUT2D eigenvalue weighted by Crippen LogP contribution is -2.25. The van der Waals surface area contributed by atoms with E-state index in [0.29, 0.717) is 34.9 Å². The Morgan fingerprint density at radius 1 is 1.14 bits per heavy atom. The van der Waals surface area contributed by atoms with Crippen LogP contribution in [0.3, 0.4) is 0 Å². The molecule has 1 aliphatic rings. The number of hydrogen-bond donors (Lipinski definition) is 3. The van der Waals surface area contributed by atoms with Crippen LogP contribution in [0, 0.1) is 6.92 Å². The van der Waals surface area contributed by atoms with Gasteiger partial charge in [-0.3, -0.25) is 4.79 Å². The number of fused-ring (bicyclic) bond motifs is 1. The molecule has 1 aliphatic carbocycles. The molecule has 0 bridgehead atoms. The summed E-state index contributed by atoms with van der Waals surface area (Å²) in [7, 11) is 0. The quantitative estimate of drug-likeness (QED) is 0.275. The number of halogens is 1. The molecular formula is C28H29ClN2O5. The first kappa shape index (κ1) is 25.5. The number of anilines is 1. The van der Waals surface area contributed by atoms with Crippen molar-refractivity contribution in [3.8, 4) is 17.2 Å². The molecule has 0 saturated heterocycles. The summed E-state index contributed by atoms with van der Waals surface area (Å²) in [6, 6.07) is 16.9. The van der Waals surface area contributed by atoms with E-state index in [-0.39, 0.29) is 23.4 Å². The molecular weight excluding hydrogens is 480 g/mol. The molecule has 0 heterocycles. The Hall–Kier alpha value is -3.55. The number of carbonyl (C=O) groups is 2. The zero-order chi connectivity index (χ0) is 25.7. The Morgan fingerprint density at radius 3 is 2.72 bits per heavy atom. The number of aromatic hydroxyl groups is 1. The fraction of sp³-hybridized carbons (Fsp3) is 0.286. The average Bonchev–Trinajstić information content (AvgIpc) is 2.86. The maximum atomic E-state index is 11.9. The Balaban J connectivity index is 1.46. The molecule has 0 spiro atoms. The van der Waals surface area contributed by atoms with E-state index < -0.39 is 11.9 Å². The molecule has 3 N–H and O–H groups in total. The Kier molecular flexibility index (Phi) is 8.13. The van der Waals surface area contributed by atoms with E-state index in [0.717, 1.165) is 19.3 Å². The Bertz CT molecular complexity index is 1250. The minimum atomic E-state index is -0.964. The monoisotopic (exact) mass is 508 g/mol. The van der Waals surface area contributed by atoms with E-state index >= 15 is 0 Å². The summed E-state index contributed by atoms with van der Waals surface area (Å²) in [6.45, 7) is 3.99. The van der Waals surface area contributed by atoms with Gasteiger partial charge in [-0.2, -0.15) is 0 Å². The highest BCUT2D eigenvalue weighted by molar-refractivity contribution is 6.37. The van der Waals surface area contributed by atoms with Crippen LogP contribution >= 0.6 is 11.6 Å². The fourth-order valence-electron chi connectivity index (χ4n) is 4.40. The first-order valence-electron chi connectivity index (χ1n) is 11.9. The highest BCUT2D eigenvalue weighted by atomic mass is 35.5. The summed E-state index contributed by atoms with van der Waals surface area (Å²) in [5.74, 6) is -0.733. The number of amides is 1. The molecule has 7 nitrogen and oxygen atoms in total. The van der Waals surface area contributed by atoms with Crippen molar-refractivity contribution >= 4 is 29.2 Å². The SMILES string of the molecule is CCOC(=O)C(=O)Nc1cc(C)c(Oc2ccc(O)c(CNC3CCCc4ccccc43)c2)c(Cl)c1. The molecule has 36 heavy (non-hydrogen) atoms. The van der Waals surface area contributed by atoms with Gasteiger partial charge in [-0.15, -0.1) is 0 Å². The summed E-state index contributed by atoms with van der Waals surface area (Å²) >= 11 is 6.44. The summed E-state index contributed by atoms with van der Waals surface area (Å²) in [5, 5.41) is 16.8. The van der Waals surface area contributed by atoms with Gasteiger partial charge in [0, 0.05) is 23.8 Å². The molecule has 188 valence electrons. The number of hydrogen-bond acceptors (Lipinski definition) is 6. The molecule has 0 aromatic heterocycles. The molecule has 1 unspecified atom stereocenters. The number of nitrogens with one attached hydrogen (secondary N) is 2. The average molecular weight is 509 g/mol. The maximum Gasteiger partial charge on any atom is 0.397 e. The van der Waals surface area contributed by atoms with Gasteiger partial charge in [0.1, 0.15) is 17.2 Å². The smallest absolute Gasteiger partial charge is 0.397 e. The van der Waals surface area contributed by atoms with Crippen LogP contribution in [0.1, 0.15) is 48.1 Å². The molecule has 0 saturated carbocycles. The molecule has 0 radical (unpaired) electrons. The fourth-order valence-corrected chi connectivity index (χ4v) is 4.70. The van der Waals surface area contributed by atoms with Gasteiger partial charge in [0.05, 0.1) is 11.6 Å². The van der Waals surface area contributed by atoms with Crippen molar-refractivity contribution in [2.45, 2.75) is 45.7 Å². The van der Waals surface area contributed by atoms with Gasteiger partial charge in [0.2, 0.25) is 0 Å². The standard InChI is InChI=1S/C28H29ClN2O5/c1-3-35-28(34)27(33)31-20-13-17(2)26(23(29)15-20)36-21-11-12-25(32)19(14-21)16-30-24-10-6-8-18-7-4-5-9-22(18)24/h4-5,7,9,11-15,24,30,32H,3,6,8,10,16H2,1-2H3,(H,31,33). The van der Waals surface area contributed by atoms with Gasteiger partial charge in [-0.05, 0) is 80.1 Å². The predicted octanol–water partition coefficient (Wildman–Crippen LogP) is 5.82. The first-order chi connectivity index (χ1) is 17.4. The molecule has 4 rings (SSSR count). The molecule has 0 aliphatic heterocycles. The van der Waals surface area contributed by atoms with E-state index in [9.17, 15) is 14.7 Å². The highest BCUT2D eigenvalue weighted by Crippen LogP contribution is 2.37. The summed E-state index contributed by atoms with van der Waals surface area (Å²) < 4.78 is 10.8. The molecule has 1 amide bonds.